The molecule has 3 rings (SSSR count). The highest BCUT2D eigenvalue weighted by Gasteiger charge is 2.37. The van der Waals surface area contributed by atoms with Gasteiger partial charge in [0.1, 0.15) is 0 Å². The van der Waals surface area contributed by atoms with Crippen molar-refractivity contribution in [2.24, 2.45) is 5.92 Å². The van der Waals surface area contributed by atoms with E-state index < -0.39 is 0 Å². The van der Waals surface area contributed by atoms with Crippen LogP contribution in [0, 0.1) is 5.92 Å². The monoisotopic (exact) mass is 402 g/mol. The smallest absolute Gasteiger partial charge is 0.240 e. The summed E-state index contributed by atoms with van der Waals surface area (Å²) in [6, 6.07) is 5.47. The number of nitrogens with zero attached hydrogens (tertiary/aromatic N) is 4. The van der Waals surface area contributed by atoms with Crippen molar-refractivity contribution in [3.05, 3.63) is 30.1 Å². The van der Waals surface area contributed by atoms with Gasteiger partial charge in [-0.3, -0.25) is 19.5 Å². The number of amides is 2. The van der Waals surface area contributed by atoms with Gasteiger partial charge in [-0.1, -0.05) is 19.9 Å². The van der Waals surface area contributed by atoms with Gasteiger partial charge in [-0.15, -0.1) is 0 Å². The van der Waals surface area contributed by atoms with Gasteiger partial charge in [-0.05, 0) is 31.9 Å². The van der Waals surface area contributed by atoms with E-state index in [1.165, 1.54) is 0 Å². The molecule has 160 valence electrons. The molecule has 0 N–H and O–H groups in total. The van der Waals surface area contributed by atoms with Crippen LogP contribution in [0.2, 0.25) is 0 Å². The molecule has 0 saturated carbocycles. The van der Waals surface area contributed by atoms with Gasteiger partial charge in [0.05, 0.1) is 24.7 Å². The van der Waals surface area contributed by atoms with Crippen molar-refractivity contribution in [1.29, 1.82) is 0 Å². The van der Waals surface area contributed by atoms with Crippen molar-refractivity contribution < 1.29 is 14.3 Å². The Morgan fingerprint density at radius 1 is 1.07 bits per heavy atom. The Hall–Kier alpha value is -1.99. The van der Waals surface area contributed by atoms with E-state index >= 15 is 0 Å². The normalized spacial score (nSPS) is 24.6. The first-order valence-corrected chi connectivity index (χ1v) is 10.7. The highest BCUT2D eigenvalue weighted by molar-refractivity contribution is 5.83. The Labute approximate surface area is 174 Å². The second-order valence-electron chi connectivity index (χ2n) is 8.60. The number of morpholine rings is 1. The number of piperazine rings is 1. The summed E-state index contributed by atoms with van der Waals surface area (Å²) in [5.41, 5.74) is 0.784. The molecule has 2 amide bonds. The molecule has 1 aromatic heterocycles. The van der Waals surface area contributed by atoms with Crippen LogP contribution in [-0.2, 0) is 20.7 Å². The van der Waals surface area contributed by atoms with Gasteiger partial charge >= 0.3 is 0 Å². The highest BCUT2D eigenvalue weighted by Crippen LogP contribution is 2.21. The SMILES string of the molecule is CC1CN(C(C(=O)N2CCN(C(=O)Cc3ccccn3)CC2)C(C)C)CC(C)O1. The zero-order chi connectivity index (χ0) is 21.0. The quantitative estimate of drug-likeness (QED) is 0.745. The van der Waals surface area contributed by atoms with Gasteiger partial charge in [0, 0.05) is 51.2 Å². The van der Waals surface area contributed by atoms with Crippen LogP contribution >= 0.6 is 0 Å². The Morgan fingerprint density at radius 2 is 1.69 bits per heavy atom. The van der Waals surface area contributed by atoms with E-state index in [4.69, 9.17) is 4.74 Å². The van der Waals surface area contributed by atoms with E-state index in [2.05, 4.69) is 37.6 Å². The van der Waals surface area contributed by atoms with Crippen LogP contribution in [0.25, 0.3) is 0 Å². The number of carbonyl (C=O) groups excluding carboxylic acids is 2. The average Bonchev–Trinajstić information content (AvgIpc) is 2.68. The maximum atomic E-state index is 13.3. The summed E-state index contributed by atoms with van der Waals surface area (Å²) < 4.78 is 5.84. The van der Waals surface area contributed by atoms with Crippen LogP contribution in [0.1, 0.15) is 33.4 Å². The molecule has 0 spiro atoms. The van der Waals surface area contributed by atoms with Crippen LogP contribution in [-0.4, -0.2) is 89.0 Å². The lowest BCUT2D eigenvalue weighted by atomic mass is 9.98. The van der Waals surface area contributed by atoms with E-state index in [-0.39, 0.29) is 36.0 Å². The molecule has 1 aromatic rings. The summed E-state index contributed by atoms with van der Waals surface area (Å²) in [6.45, 7) is 12.3. The zero-order valence-corrected chi connectivity index (χ0v) is 18.1. The van der Waals surface area contributed by atoms with E-state index in [9.17, 15) is 9.59 Å². The first-order chi connectivity index (χ1) is 13.8. The highest BCUT2D eigenvalue weighted by atomic mass is 16.5. The Balaban J connectivity index is 1.57. The minimum atomic E-state index is -0.139. The Bertz CT molecular complexity index is 679. The molecule has 0 aliphatic carbocycles. The fourth-order valence-electron chi connectivity index (χ4n) is 4.44. The van der Waals surface area contributed by atoms with Crippen molar-refractivity contribution in [3.63, 3.8) is 0 Å². The zero-order valence-electron chi connectivity index (χ0n) is 18.1. The minimum Gasteiger partial charge on any atom is -0.373 e. The van der Waals surface area contributed by atoms with Gasteiger partial charge < -0.3 is 14.5 Å². The van der Waals surface area contributed by atoms with Gasteiger partial charge in [0.2, 0.25) is 11.8 Å². The fraction of sp³-hybridized carbons (Fsp3) is 0.682. The first-order valence-electron chi connectivity index (χ1n) is 10.7. The molecule has 3 heterocycles. The Morgan fingerprint density at radius 3 is 2.24 bits per heavy atom. The molecule has 7 nitrogen and oxygen atoms in total. The van der Waals surface area contributed by atoms with Gasteiger partial charge in [-0.2, -0.15) is 0 Å². The molecule has 0 radical (unpaired) electrons. The number of hydrogen-bond acceptors (Lipinski definition) is 5. The van der Waals surface area contributed by atoms with Crippen LogP contribution in [0.5, 0.6) is 0 Å². The van der Waals surface area contributed by atoms with Crippen molar-refractivity contribution in [2.75, 3.05) is 39.3 Å². The third-order valence-corrected chi connectivity index (χ3v) is 5.73. The Kier molecular flexibility index (Phi) is 7.24. The predicted molar refractivity (Wildman–Crippen MR) is 111 cm³/mol. The largest absolute Gasteiger partial charge is 0.373 e. The third-order valence-electron chi connectivity index (χ3n) is 5.73. The van der Waals surface area contributed by atoms with Gasteiger partial charge in [-0.25, -0.2) is 0 Å². The molecule has 2 saturated heterocycles. The molecule has 0 aromatic carbocycles. The summed E-state index contributed by atoms with van der Waals surface area (Å²) in [7, 11) is 0. The molecular weight excluding hydrogens is 368 g/mol. The van der Waals surface area contributed by atoms with Crippen LogP contribution in [0.3, 0.4) is 0 Å². The van der Waals surface area contributed by atoms with Crippen LogP contribution in [0.15, 0.2) is 24.4 Å². The molecule has 0 bridgehead atoms. The maximum absolute atomic E-state index is 13.3. The predicted octanol–water partition coefficient (Wildman–Crippen LogP) is 1.43. The lowest BCUT2D eigenvalue weighted by molar-refractivity contribution is -0.149. The number of rotatable bonds is 5. The van der Waals surface area contributed by atoms with E-state index in [0.717, 1.165) is 18.8 Å². The van der Waals surface area contributed by atoms with Crippen molar-refractivity contribution in [2.45, 2.75) is 52.4 Å². The standard InChI is InChI=1S/C22H34N4O3/c1-16(2)21(26-14-17(3)29-18(4)15-26)22(28)25-11-9-24(10-12-25)20(27)13-19-7-5-6-8-23-19/h5-8,16-18,21H,9-15H2,1-4H3. The van der Waals surface area contributed by atoms with Gasteiger partial charge in [0.25, 0.3) is 0 Å². The first kappa shape index (κ1) is 21.7. The summed E-state index contributed by atoms with van der Waals surface area (Å²) in [6.07, 6.45) is 2.29. The summed E-state index contributed by atoms with van der Waals surface area (Å²) in [5, 5.41) is 0. The summed E-state index contributed by atoms with van der Waals surface area (Å²) >= 11 is 0. The molecule has 3 unspecified atom stereocenters. The summed E-state index contributed by atoms with van der Waals surface area (Å²) in [5.74, 6) is 0.481. The second-order valence-corrected chi connectivity index (χ2v) is 8.60. The van der Waals surface area contributed by atoms with Crippen molar-refractivity contribution in [1.82, 2.24) is 19.7 Å². The molecule has 3 atom stereocenters. The third kappa shape index (κ3) is 5.54. The van der Waals surface area contributed by atoms with E-state index in [1.807, 2.05) is 28.0 Å². The number of hydrogen-bond donors (Lipinski definition) is 0. The lowest BCUT2D eigenvalue weighted by Crippen LogP contribution is -2.60. The number of aromatic nitrogens is 1. The number of carbonyl (C=O) groups is 2. The minimum absolute atomic E-state index is 0.0760. The topological polar surface area (TPSA) is 66.0 Å². The molecule has 2 fully saturated rings. The van der Waals surface area contributed by atoms with Crippen LogP contribution < -0.4 is 0 Å². The van der Waals surface area contributed by atoms with Gasteiger partial charge in [0.15, 0.2) is 0 Å². The van der Waals surface area contributed by atoms with Crippen LogP contribution in [0.4, 0.5) is 0 Å². The molecule has 2 aliphatic rings. The average molecular weight is 403 g/mol. The lowest BCUT2D eigenvalue weighted by Gasteiger charge is -2.44. The summed E-state index contributed by atoms with van der Waals surface area (Å²) in [4.78, 5) is 36.2. The van der Waals surface area contributed by atoms with Crippen molar-refractivity contribution >= 4 is 11.8 Å². The number of pyridine rings is 1. The molecule has 2 aliphatic heterocycles. The fourth-order valence-corrected chi connectivity index (χ4v) is 4.44. The number of ether oxygens (including phenoxy) is 1. The van der Waals surface area contributed by atoms with E-state index in [1.54, 1.807) is 6.20 Å². The maximum Gasteiger partial charge on any atom is 0.240 e. The molecule has 29 heavy (non-hydrogen) atoms. The molecular formula is C22H34N4O3. The van der Waals surface area contributed by atoms with Crippen molar-refractivity contribution in [3.8, 4) is 0 Å². The molecule has 7 heteroatoms. The second kappa shape index (κ2) is 9.67. The van der Waals surface area contributed by atoms with E-state index in [0.29, 0.717) is 32.6 Å².